The number of hydrogen-bond acceptors (Lipinski definition) is 6. The molecule has 3 heterocycles. The summed E-state index contributed by atoms with van der Waals surface area (Å²) in [5.41, 5.74) is 0.0527. The zero-order chi connectivity index (χ0) is 23.0. The van der Waals surface area contributed by atoms with Gasteiger partial charge < -0.3 is 10.1 Å². The van der Waals surface area contributed by atoms with Crippen molar-refractivity contribution in [2.24, 2.45) is 16.1 Å². The van der Waals surface area contributed by atoms with Crippen LogP contribution in [0, 0.1) is 12.8 Å². The van der Waals surface area contributed by atoms with Crippen LogP contribution in [0.3, 0.4) is 0 Å². The summed E-state index contributed by atoms with van der Waals surface area (Å²) in [6.45, 7) is 3.56. The van der Waals surface area contributed by atoms with Crippen molar-refractivity contribution in [3.8, 4) is 11.3 Å². The van der Waals surface area contributed by atoms with Gasteiger partial charge >= 0.3 is 6.18 Å². The fraction of sp³-hybridized carbons (Fsp3) is 0.381. The number of aryl methyl sites for hydroxylation is 1. The number of azo groups is 1. The second kappa shape index (κ2) is 8.30. The Hall–Kier alpha value is -3.34. The van der Waals surface area contributed by atoms with Gasteiger partial charge in [-0.2, -0.15) is 28.5 Å². The third kappa shape index (κ3) is 4.07. The highest BCUT2D eigenvalue weighted by molar-refractivity contribution is 5.94. The van der Waals surface area contributed by atoms with Crippen molar-refractivity contribution in [1.29, 1.82) is 0 Å². The van der Waals surface area contributed by atoms with Crippen LogP contribution in [0.25, 0.3) is 16.9 Å². The average Bonchev–Trinajstić information content (AvgIpc) is 3.09. The molecule has 0 saturated heterocycles. The van der Waals surface area contributed by atoms with Crippen LogP contribution < -0.4 is 5.32 Å². The van der Waals surface area contributed by atoms with E-state index in [9.17, 15) is 18.0 Å². The van der Waals surface area contributed by atoms with E-state index < -0.39 is 23.8 Å². The first-order valence-corrected chi connectivity index (χ1v) is 9.95. The molecule has 0 fully saturated rings. The molecule has 11 heteroatoms. The van der Waals surface area contributed by atoms with Crippen molar-refractivity contribution >= 4 is 11.6 Å². The molecule has 0 spiro atoms. The Morgan fingerprint density at radius 1 is 1.19 bits per heavy atom. The molecular weight excluding hydrogens is 425 g/mol. The minimum atomic E-state index is -4.54. The first kappa shape index (κ1) is 21.9. The SMILES string of the molecule is COC1CC(C)C(NC(=O)c2c(C)nc3ccc(-c4ccccc4C(F)(F)F)nn23)N=N1. The number of ether oxygens (including phenoxy) is 1. The van der Waals surface area contributed by atoms with Gasteiger partial charge in [0.1, 0.15) is 6.17 Å². The van der Waals surface area contributed by atoms with E-state index >= 15 is 0 Å². The maximum absolute atomic E-state index is 13.5. The standard InChI is InChI=1S/C21H21F3N6O2/c1-11-10-17(32-3)27-28-19(11)26-20(31)18-12(2)25-16-9-8-15(29-30(16)18)13-6-4-5-7-14(13)21(22,23)24/h4-9,11,17,19H,10H2,1-3H3,(H,26,31). The number of carbonyl (C=O) groups is 1. The summed E-state index contributed by atoms with van der Waals surface area (Å²) in [6.07, 6.45) is -4.87. The van der Waals surface area contributed by atoms with Gasteiger partial charge in [-0.15, -0.1) is 0 Å². The van der Waals surface area contributed by atoms with Gasteiger partial charge in [0.2, 0.25) is 0 Å². The molecule has 1 N–H and O–H groups in total. The lowest BCUT2D eigenvalue weighted by Gasteiger charge is -2.26. The average molecular weight is 446 g/mol. The van der Waals surface area contributed by atoms with E-state index in [0.29, 0.717) is 17.8 Å². The van der Waals surface area contributed by atoms with Gasteiger partial charge in [0.25, 0.3) is 5.91 Å². The van der Waals surface area contributed by atoms with E-state index in [4.69, 9.17) is 4.74 Å². The minimum absolute atomic E-state index is 0.0249. The van der Waals surface area contributed by atoms with E-state index in [2.05, 4.69) is 25.6 Å². The number of halogens is 3. The van der Waals surface area contributed by atoms with Crippen LogP contribution >= 0.6 is 0 Å². The fourth-order valence-electron chi connectivity index (χ4n) is 3.67. The summed E-state index contributed by atoms with van der Waals surface area (Å²) >= 11 is 0. The Morgan fingerprint density at radius 3 is 2.62 bits per heavy atom. The number of fused-ring (bicyclic) bond motifs is 1. The molecule has 3 aromatic rings. The zero-order valence-corrected chi connectivity index (χ0v) is 17.6. The van der Waals surface area contributed by atoms with Gasteiger partial charge in [0, 0.05) is 25.0 Å². The summed E-state index contributed by atoms with van der Waals surface area (Å²) in [7, 11) is 1.54. The molecule has 1 aliphatic heterocycles. The molecule has 8 nitrogen and oxygen atoms in total. The van der Waals surface area contributed by atoms with Crippen LogP contribution in [0.1, 0.15) is 35.1 Å². The zero-order valence-electron chi connectivity index (χ0n) is 17.6. The Kier molecular flexibility index (Phi) is 5.68. The number of aromatic nitrogens is 3. The third-order valence-corrected chi connectivity index (χ3v) is 5.36. The first-order chi connectivity index (χ1) is 15.2. The monoisotopic (exact) mass is 446 g/mol. The predicted octanol–water partition coefficient (Wildman–Crippen LogP) is 4.24. The van der Waals surface area contributed by atoms with Gasteiger partial charge in [0.05, 0.1) is 17.0 Å². The molecule has 0 saturated carbocycles. The van der Waals surface area contributed by atoms with Gasteiger partial charge in [-0.1, -0.05) is 25.1 Å². The summed E-state index contributed by atoms with van der Waals surface area (Å²) < 4.78 is 46.8. The Labute approximate surface area is 181 Å². The van der Waals surface area contributed by atoms with Crippen molar-refractivity contribution in [2.45, 2.75) is 38.8 Å². The summed E-state index contributed by atoms with van der Waals surface area (Å²) in [5, 5.41) is 15.3. The number of nitrogens with zero attached hydrogens (tertiary/aromatic N) is 5. The van der Waals surface area contributed by atoms with Crippen molar-refractivity contribution < 1.29 is 22.7 Å². The number of hydrogen-bond donors (Lipinski definition) is 1. The molecule has 32 heavy (non-hydrogen) atoms. The smallest absolute Gasteiger partial charge is 0.358 e. The van der Waals surface area contributed by atoms with E-state index in [-0.39, 0.29) is 29.1 Å². The van der Waals surface area contributed by atoms with Crippen LogP contribution in [0.15, 0.2) is 46.6 Å². The molecule has 168 valence electrons. The van der Waals surface area contributed by atoms with Gasteiger partial charge in [-0.3, -0.25) is 4.79 Å². The number of methoxy groups -OCH3 is 1. The van der Waals surface area contributed by atoms with E-state index in [0.717, 1.165) is 6.07 Å². The first-order valence-electron chi connectivity index (χ1n) is 9.95. The van der Waals surface area contributed by atoms with Crippen molar-refractivity contribution in [3.63, 3.8) is 0 Å². The molecular formula is C21H21F3N6O2. The lowest BCUT2D eigenvalue weighted by molar-refractivity contribution is -0.137. The van der Waals surface area contributed by atoms with Crippen LogP contribution in [0.4, 0.5) is 13.2 Å². The second-order valence-corrected chi connectivity index (χ2v) is 7.63. The highest BCUT2D eigenvalue weighted by atomic mass is 19.4. The maximum atomic E-state index is 13.5. The minimum Gasteiger partial charge on any atom is -0.358 e. The van der Waals surface area contributed by atoms with Crippen LogP contribution in [0.5, 0.6) is 0 Å². The summed E-state index contributed by atoms with van der Waals surface area (Å²) in [4.78, 5) is 17.4. The van der Waals surface area contributed by atoms with Crippen molar-refractivity contribution in [1.82, 2.24) is 19.9 Å². The molecule has 2 aromatic heterocycles. The lowest BCUT2D eigenvalue weighted by atomic mass is 10.0. The molecule has 3 atom stereocenters. The highest BCUT2D eigenvalue weighted by Gasteiger charge is 2.34. The number of alkyl halides is 3. The topological polar surface area (TPSA) is 93.2 Å². The largest absolute Gasteiger partial charge is 0.417 e. The Morgan fingerprint density at radius 2 is 1.94 bits per heavy atom. The molecule has 3 unspecified atom stereocenters. The van der Waals surface area contributed by atoms with Gasteiger partial charge in [0.15, 0.2) is 17.6 Å². The van der Waals surface area contributed by atoms with Crippen molar-refractivity contribution in [2.75, 3.05) is 7.11 Å². The normalized spacial score (nSPS) is 21.1. The van der Waals surface area contributed by atoms with Crippen LogP contribution in [0.2, 0.25) is 0 Å². The van der Waals surface area contributed by atoms with E-state index in [1.165, 1.54) is 42.0 Å². The number of amides is 1. The van der Waals surface area contributed by atoms with Crippen LogP contribution in [-0.2, 0) is 10.9 Å². The van der Waals surface area contributed by atoms with E-state index in [1.54, 1.807) is 6.92 Å². The Balaban J connectivity index is 1.71. The molecule has 1 amide bonds. The molecule has 4 rings (SSSR count). The fourth-order valence-corrected chi connectivity index (χ4v) is 3.67. The summed E-state index contributed by atoms with van der Waals surface area (Å²) in [5.74, 6) is -0.515. The second-order valence-electron chi connectivity index (χ2n) is 7.63. The van der Waals surface area contributed by atoms with E-state index in [1.807, 2.05) is 6.92 Å². The third-order valence-electron chi connectivity index (χ3n) is 5.36. The molecule has 0 aliphatic carbocycles. The quantitative estimate of drug-likeness (QED) is 0.649. The Bertz CT molecular complexity index is 1190. The number of imidazole rings is 1. The van der Waals surface area contributed by atoms with Crippen molar-refractivity contribution in [3.05, 3.63) is 53.3 Å². The molecule has 1 aliphatic rings. The number of benzene rings is 1. The van der Waals surface area contributed by atoms with Gasteiger partial charge in [-0.05, 0) is 25.1 Å². The maximum Gasteiger partial charge on any atom is 0.417 e. The highest BCUT2D eigenvalue weighted by Crippen LogP contribution is 2.36. The molecule has 0 radical (unpaired) electrons. The number of rotatable bonds is 4. The summed E-state index contributed by atoms with van der Waals surface area (Å²) in [6, 6.07) is 8.15. The van der Waals surface area contributed by atoms with Crippen LogP contribution in [-0.4, -0.2) is 40.0 Å². The number of carbonyl (C=O) groups excluding carboxylic acids is 1. The number of nitrogens with one attached hydrogen (secondary N) is 1. The molecule has 1 aromatic carbocycles. The molecule has 0 bridgehead atoms. The van der Waals surface area contributed by atoms with Gasteiger partial charge in [-0.25, -0.2) is 9.50 Å². The predicted molar refractivity (Wildman–Crippen MR) is 109 cm³/mol. The lowest BCUT2D eigenvalue weighted by Crippen LogP contribution is -2.41.